The SMILES string of the molecule is Cn1cc(I)c(=O)n(CCOC(C)(C)C)c1=O. The van der Waals surface area contributed by atoms with E-state index in [1.54, 1.807) is 7.05 Å². The number of aryl methyl sites for hydroxylation is 1. The van der Waals surface area contributed by atoms with Crippen LogP contribution in [0.5, 0.6) is 0 Å². The Morgan fingerprint density at radius 1 is 1.35 bits per heavy atom. The standard InChI is InChI=1S/C11H17IN2O3/c1-11(2,3)17-6-5-14-9(15)8(12)7-13(4)10(14)16/h7H,5-6H2,1-4H3. The van der Waals surface area contributed by atoms with Gasteiger partial charge in [0.1, 0.15) is 0 Å². The van der Waals surface area contributed by atoms with E-state index < -0.39 is 0 Å². The Labute approximate surface area is 114 Å². The molecule has 17 heavy (non-hydrogen) atoms. The van der Waals surface area contributed by atoms with Crippen molar-refractivity contribution in [3.05, 3.63) is 30.6 Å². The lowest BCUT2D eigenvalue weighted by molar-refractivity contribution is -0.00764. The van der Waals surface area contributed by atoms with E-state index in [2.05, 4.69) is 0 Å². The molecule has 0 saturated carbocycles. The normalized spacial score (nSPS) is 11.8. The molecule has 0 N–H and O–H groups in total. The summed E-state index contributed by atoms with van der Waals surface area (Å²) in [7, 11) is 1.63. The number of nitrogens with zero attached hydrogens (tertiary/aromatic N) is 2. The van der Waals surface area contributed by atoms with Gasteiger partial charge in [-0.1, -0.05) is 0 Å². The minimum Gasteiger partial charge on any atom is -0.374 e. The summed E-state index contributed by atoms with van der Waals surface area (Å²) in [5.74, 6) is 0. The Morgan fingerprint density at radius 2 is 1.94 bits per heavy atom. The number of hydrogen-bond acceptors (Lipinski definition) is 3. The lowest BCUT2D eigenvalue weighted by atomic mass is 10.2. The summed E-state index contributed by atoms with van der Waals surface area (Å²) < 4.78 is 8.65. The van der Waals surface area contributed by atoms with Crippen LogP contribution < -0.4 is 11.2 Å². The van der Waals surface area contributed by atoms with Crippen molar-refractivity contribution in [2.45, 2.75) is 32.9 Å². The van der Waals surface area contributed by atoms with E-state index in [0.29, 0.717) is 10.2 Å². The van der Waals surface area contributed by atoms with Gasteiger partial charge in [0.05, 0.1) is 22.3 Å². The molecule has 0 aliphatic heterocycles. The van der Waals surface area contributed by atoms with Crippen molar-refractivity contribution in [2.75, 3.05) is 6.61 Å². The second-order valence-electron chi connectivity index (χ2n) is 4.79. The van der Waals surface area contributed by atoms with Gasteiger partial charge < -0.3 is 9.30 Å². The molecule has 0 fully saturated rings. The molecule has 0 spiro atoms. The number of halogens is 1. The monoisotopic (exact) mass is 352 g/mol. The highest BCUT2D eigenvalue weighted by Crippen LogP contribution is 2.05. The molecule has 6 heteroatoms. The summed E-state index contributed by atoms with van der Waals surface area (Å²) in [5.41, 5.74) is -0.837. The van der Waals surface area contributed by atoms with Gasteiger partial charge in [-0.3, -0.25) is 9.36 Å². The van der Waals surface area contributed by atoms with Gasteiger partial charge in [-0.2, -0.15) is 0 Å². The maximum atomic E-state index is 11.8. The van der Waals surface area contributed by atoms with Gasteiger partial charge in [0.2, 0.25) is 0 Å². The number of rotatable bonds is 3. The zero-order valence-corrected chi connectivity index (χ0v) is 12.6. The van der Waals surface area contributed by atoms with Crippen LogP contribution in [0.1, 0.15) is 20.8 Å². The van der Waals surface area contributed by atoms with Crippen molar-refractivity contribution in [3.8, 4) is 0 Å². The highest BCUT2D eigenvalue weighted by molar-refractivity contribution is 14.1. The van der Waals surface area contributed by atoms with E-state index in [1.165, 1.54) is 15.3 Å². The molecular formula is C11H17IN2O3. The predicted octanol–water partition coefficient (Wildman–Crippen LogP) is 0.967. The van der Waals surface area contributed by atoms with Crippen LogP contribution in [-0.4, -0.2) is 21.3 Å². The molecular weight excluding hydrogens is 335 g/mol. The maximum Gasteiger partial charge on any atom is 0.330 e. The number of aromatic nitrogens is 2. The summed E-state index contributed by atoms with van der Waals surface area (Å²) >= 11 is 1.93. The van der Waals surface area contributed by atoms with Gasteiger partial charge in [-0.15, -0.1) is 0 Å². The Hall–Kier alpha value is -0.630. The molecule has 1 rings (SSSR count). The van der Waals surface area contributed by atoms with Crippen molar-refractivity contribution in [2.24, 2.45) is 7.05 Å². The fourth-order valence-corrected chi connectivity index (χ4v) is 2.04. The van der Waals surface area contributed by atoms with Gasteiger partial charge in [-0.25, -0.2) is 4.79 Å². The molecule has 1 aromatic rings. The molecule has 0 aliphatic carbocycles. The minimum absolute atomic E-state index is 0.258. The maximum absolute atomic E-state index is 11.8. The van der Waals surface area contributed by atoms with Gasteiger partial charge in [0.15, 0.2) is 0 Å². The Bertz CT molecular complexity index is 477. The molecule has 1 aromatic heterocycles. The molecule has 0 atom stereocenters. The van der Waals surface area contributed by atoms with Crippen molar-refractivity contribution >= 4 is 22.6 Å². The van der Waals surface area contributed by atoms with Crippen LogP contribution in [0.15, 0.2) is 15.8 Å². The zero-order chi connectivity index (χ0) is 13.2. The van der Waals surface area contributed by atoms with E-state index in [0.717, 1.165) is 0 Å². The minimum atomic E-state index is -0.312. The van der Waals surface area contributed by atoms with E-state index in [-0.39, 0.29) is 23.4 Å². The Balaban J connectivity index is 2.92. The molecule has 1 heterocycles. The lowest BCUT2D eigenvalue weighted by Crippen LogP contribution is -2.41. The molecule has 0 bridgehead atoms. The highest BCUT2D eigenvalue weighted by atomic mass is 127. The molecule has 0 aromatic carbocycles. The first kappa shape index (κ1) is 14.4. The van der Waals surface area contributed by atoms with Crippen LogP contribution in [0.4, 0.5) is 0 Å². The van der Waals surface area contributed by atoms with Crippen LogP contribution in [-0.2, 0) is 18.3 Å². The second-order valence-corrected chi connectivity index (χ2v) is 5.95. The molecule has 0 saturated heterocycles. The van der Waals surface area contributed by atoms with Gasteiger partial charge >= 0.3 is 5.69 Å². The van der Waals surface area contributed by atoms with Gasteiger partial charge in [-0.05, 0) is 43.4 Å². The molecule has 96 valence electrons. The lowest BCUT2D eigenvalue weighted by Gasteiger charge is -2.19. The molecule has 0 amide bonds. The first-order valence-electron chi connectivity index (χ1n) is 5.32. The summed E-state index contributed by atoms with van der Waals surface area (Å²) in [6.45, 7) is 6.42. The predicted molar refractivity (Wildman–Crippen MR) is 74.4 cm³/mol. The highest BCUT2D eigenvalue weighted by Gasteiger charge is 2.12. The topological polar surface area (TPSA) is 53.2 Å². The quantitative estimate of drug-likeness (QED) is 0.762. The molecule has 0 radical (unpaired) electrons. The first-order valence-corrected chi connectivity index (χ1v) is 6.40. The van der Waals surface area contributed by atoms with E-state index in [1.807, 2.05) is 43.4 Å². The summed E-state index contributed by atoms with van der Waals surface area (Å²) in [6.07, 6.45) is 1.53. The van der Waals surface area contributed by atoms with E-state index in [9.17, 15) is 9.59 Å². The third-order valence-corrected chi connectivity index (χ3v) is 2.88. The summed E-state index contributed by atoms with van der Waals surface area (Å²) in [4.78, 5) is 23.5. The molecule has 0 unspecified atom stereocenters. The van der Waals surface area contributed by atoms with Crippen molar-refractivity contribution < 1.29 is 4.74 Å². The van der Waals surface area contributed by atoms with Crippen molar-refractivity contribution in [1.82, 2.24) is 9.13 Å². The average molecular weight is 352 g/mol. The van der Waals surface area contributed by atoms with E-state index in [4.69, 9.17) is 4.74 Å². The van der Waals surface area contributed by atoms with Gasteiger partial charge in [0, 0.05) is 13.2 Å². The Morgan fingerprint density at radius 3 is 2.47 bits per heavy atom. The average Bonchev–Trinajstić information content (AvgIpc) is 2.19. The fourth-order valence-electron chi connectivity index (χ4n) is 1.33. The Kier molecular flexibility index (Phi) is 4.54. The number of hydrogen-bond donors (Lipinski definition) is 0. The van der Waals surface area contributed by atoms with Crippen molar-refractivity contribution in [3.63, 3.8) is 0 Å². The number of ether oxygens (including phenoxy) is 1. The molecule has 0 aliphatic rings. The van der Waals surface area contributed by atoms with Crippen molar-refractivity contribution in [1.29, 1.82) is 0 Å². The zero-order valence-electron chi connectivity index (χ0n) is 10.5. The fraction of sp³-hybridized carbons (Fsp3) is 0.636. The van der Waals surface area contributed by atoms with Gasteiger partial charge in [0.25, 0.3) is 5.56 Å². The largest absolute Gasteiger partial charge is 0.374 e. The van der Waals surface area contributed by atoms with Crippen LogP contribution >= 0.6 is 22.6 Å². The first-order chi connectivity index (χ1) is 7.72. The van der Waals surface area contributed by atoms with Crippen LogP contribution in [0.25, 0.3) is 0 Å². The van der Waals surface area contributed by atoms with Crippen LogP contribution in [0.2, 0.25) is 0 Å². The third kappa shape index (κ3) is 3.95. The van der Waals surface area contributed by atoms with Crippen LogP contribution in [0.3, 0.4) is 0 Å². The van der Waals surface area contributed by atoms with Crippen LogP contribution in [0, 0.1) is 3.57 Å². The molecule has 5 nitrogen and oxygen atoms in total. The third-order valence-electron chi connectivity index (χ3n) is 2.14. The summed E-state index contributed by atoms with van der Waals surface area (Å²) in [5, 5.41) is 0. The summed E-state index contributed by atoms with van der Waals surface area (Å²) in [6, 6.07) is 0. The second kappa shape index (κ2) is 5.34. The van der Waals surface area contributed by atoms with E-state index >= 15 is 0 Å². The smallest absolute Gasteiger partial charge is 0.330 e.